The zero-order chi connectivity index (χ0) is 31.5. The van der Waals surface area contributed by atoms with Gasteiger partial charge in [-0.15, -0.1) is 0 Å². The smallest absolute Gasteiger partial charge is 0.0542 e. The van der Waals surface area contributed by atoms with Crippen molar-refractivity contribution in [2.24, 2.45) is 0 Å². The van der Waals surface area contributed by atoms with Crippen molar-refractivity contribution in [3.05, 3.63) is 181 Å². The van der Waals surface area contributed by atoms with E-state index in [1.807, 2.05) is 0 Å². The highest BCUT2D eigenvalue weighted by Gasteiger charge is 2.35. The Labute approximate surface area is 275 Å². The first kappa shape index (κ1) is 27.5. The van der Waals surface area contributed by atoms with Crippen LogP contribution in [0.25, 0.3) is 49.7 Å². The molecule has 8 aromatic rings. The first-order valence-electron chi connectivity index (χ1n) is 16.4. The second-order valence-corrected chi connectivity index (χ2v) is 13.0. The van der Waals surface area contributed by atoms with Gasteiger partial charge in [0.1, 0.15) is 0 Å². The third-order valence-electron chi connectivity index (χ3n) is 9.97. The van der Waals surface area contributed by atoms with Gasteiger partial charge in [-0.05, 0) is 100 Å². The Bertz CT molecular complexity index is 2420. The Morgan fingerprint density at radius 3 is 1.77 bits per heavy atom. The Kier molecular flexibility index (Phi) is 6.20. The van der Waals surface area contributed by atoms with Crippen LogP contribution in [-0.4, -0.2) is 4.57 Å². The number of benzene rings is 7. The van der Waals surface area contributed by atoms with Crippen molar-refractivity contribution in [3.8, 4) is 27.9 Å². The van der Waals surface area contributed by atoms with Crippen molar-refractivity contribution in [3.63, 3.8) is 0 Å². The highest BCUT2D eigenvalue weighted by Crippen LogP contribution is 2.50. The summed E-state index contributed by atoms with van der Waals surface area (Å²) in [7, 11) is 0. The highest BCUT2D eigenvalue weighted by molar-refractivity contribution is 6.12. The Balaban J connectivity index is 1.28. The van der Waals surface area contributed by atoms with Crippen LogP contribution >= 0.6 is 0 Å². The predicted octanol–water partition coefficient (Wildman–Crippen LogP) is 12.2. The van der Waals surface area contributed by atoms with Gasteiger partial charge in [0, 0.05) is 38.9 Å². The molecule has 0 saturated heterocycles. The zero-order valence-corrected chi connectivity index (χ0v) is 26.6. The molecule has 0 aliphatic heterocycles. The normalized spacial score (nSPS) is 13.1. The third kappa shape index (κ3) is 4.33. The maximum atomic E-state index is 2.40. The van der Waals surface area contributed by atoms with Crippen LogP contribution in [0.5, 0.6) is 0 Å². The Morgan fingerprint density at radius 1 is 0.426 bits per heavy atom. The molecule has 1 aromatic heterocycles. The van der Waals surface area contributed by atoms with Gasteiger partial charge in [-0.25, -0.2) is 0 Å². The molecule has 47 heavy (non-hydrogen) atoms. The number of rotatable bonds is 5. The van der Waals surface area contributed by atoms with Crippen molar-refractivity contribution in [1.29, 1.82) is 0 Å². The van der Waals surface area contributed by atoms with Crippen LogP contribution < -0.4 is 4.90 Å². The second kappa shape index (κ2) is 10.6. The first-order valence-corrected chi connectivity index (χ1v) is 16.4. The molecule has 2 nitrogen and oxygen atoms in total. The average Bonchev–Trinajstić information content (AvgIpc) is 3.57. The summed E-state index contributed by atoms with van der Waals surface area (Å²) in [6.07, 6.45) is 0. The summed E-state index contributed by atoms with van der Waals surface area (Å²) in [5.74, 6) is 0. The van der Waals surface area contributed by atoms with E-state index in [9.17, 15) is 0 Å². The van der Waals surface area contributed by atoms with E-state index in [2.05, 4.69) is 193 Å². The van der Waals surface area contributed by atoms with Crippen LogP contribution in [0.4, 0.5) is 17.1 Å². The summed E-state index contributed by atoms with van der Waals surface area (Å²) < 4.78 is 2.39. The SMILES string of the molecule is CC1(C)c2ccccc2-c2cc(N(c3ccccc3)c3ccc4c(c3)c3cc(-c5ccccc5)ccc3n4-c3ccccc3)ccc21. The van der Waals surface area contributed by atoms with Gasteiger partial charge >= 0.3 is 0 Å². The van der Waals surface area contributed by atoms with Crippen LogP contribution in [0.15, 0.2) is 170 Å². The van der Waals surface area contributed by atoms with Gasteiger partial charge in [0.15, 0.2) is 0 Å². The average molecular weight is 603 g/mol. The minimum Gasteiger partial charge on any atom is -0.310 e. The fraction of sp³-hybridized carbons (Fsp3) is 0.0667. The summed E-state index contributed by atoms with van der Waals surface area (Å²) in [5.41, 5.74) is 14.8. The van der Waals surface area contributed by atoms with Gasteiger partial charge in [0.25, 0.3) is 0 Å². The van der Waals surface area contributed by atoms with Crippen molar-refractivity contribution in [2.45, 2.75) is 19.3 Å². The van der Waals surface area contributed by atoms with Crippen molar-refractivity contribution < 1.29 is 0 Å². The lowest BCUT2D eigenvalue weighted by atomic mass is 9.82. The molecule has 0 bridgehead atoms. The summed E-state index contributed by atoms with van der Waals surface area (Å²) >= 11 is 0. The van der Waals surface area contributed by atoms with Gasteiger partial charge in [-0.2, -0.15) is 0 Å². The van der Waals surface area contributed by atoms with Crippen LogP contribution in [0.1, 0.15) is 25.0 Å². The van der Waals surface area contributed by atoms with Crippen molar-refractivity contribution in [1.82, 2.24) is 4.57 Å². The summed E-state index contributed by atoms with van der Waals surface area (Å²) in [4.78, 5) is 2.40. The number of nitrogens with zero attached hydrogens (tertiary/aromatic N) is 2. The van der Waals surface area contributed by atoms with Gasteiger partial charge < -0.3 is 9.47 Å². The summed E-state index contributed by atoms with van der Waals surface area (Å²) in [6.45, 7) is 4.68. The fourth-order valence-corrected chi connectivity index (χ4v) is 7.69. The molecule has 2 heteroatoms. The van der Waals surface area contributed by atoms with E-state index < -0.39 is 0 Å². The quantitative estimate of drug-likeness (QED) is 0.190. The minimum atomic E-state index is -0.0311. The number of hydrogen-bond acceptors (Lipinski definition) is 1. The van der Waals surface area contributed by atoms with Crippen LogP contribution in [-0.2, 0) is 5.41 Å². The van der Waals surface area contributed by atoms with E-state index in [1.54, 1.807) is 0 Å². The lowest BCUT2D eigenvalue weighted by molar-refractivity contribution is 0.660. The summed E-state index contributed by atoms with van der Waals surface area (Å²) in [5, 5.41) is 2.47. The standard InChI is InChI=1S/C45H34N2/c1-45(2)41-21-13-12-20-37(41)38-29-35(23-25-42(38)45)46(33-16-8-4-9-17-33)36-24-27-44-40(30-36)39-28-32(31-14-6-3-7-15-31)22-26-43(39)47(44)34-18-10-5-11-19-34/h3-30H,1-2H3. The van der Waals surface area contributed by atoms with Gasteiger partial charge in [0.2, 0.25) is 0 Å². The highest BCUT2D eigenvalue weighted by atomic mass is 15.1. The van der Waals surface area contributed by atoms with Gasteiger partial charge in [0.05, 0.1) is 11.0 Å². The minimum absolute atomic E-state index is 0.0311. The number of para-hydroxylation sites is 2. The van der Waals surface area contributed by atoms with Gasteiger partial charge in [-0.3, -0.25) is 0 Å². The molecule has 0 saturated carbocycles. The Morgan fingerprint density at radius 2 is 1.00 bits per heavy atom. The van der Waals surface area contributed by atoms with Crippen molar-refractivity contribution in [2.75, 3.05) is 4.90 Å². The van der Waals surface area contributed by atoms with E-state index >= 15 is 0 Å². The Hall–Kier alpha value is -5.86. The van der Waals surface area contributed by atoms with Crippen LogP contribution in [0.2, 0.25) is 0 Å². The lowest BCUT2D eigenvalue weighted by Gasteiger charge is -2.27. The second-order valence-electron chi connectivity index (χ2n) is 13.0. The van der Waals surface area contributed by atoms with E-state index in [1.165, 1.54) is 55.2 Å². The number of hydrogen-bond donors (Lipinski definition) is 0. The molecule has 7 aromatic carbocycles. The number of aromatic nitrogens is 1. The molecule has 0 fully saturated rings. The molecule has 0 amide bonds. The van der Waals surface area contributed by atoms with Crippen LogP contribution in [0, 0.1) is 0 Å². The molecule has 1 aliphatic carbocycles. The van der Waals surface area contributed by atoms with E-state index in [4.69, 9.17) is 0 Å². The molecule has 0 radical (unpaired) electrons. The van der Waals surface area contributed by atoms with Crippen LogP contribution in [0.3, 0.4) is 0 Å². The fourth-order valence-electron chi connectivity index (χ4n) is 7.69. The molecule has 1 heterocycles. The monoisotopic (exact) mass is 602 g/mol. The van der Waals surface area contributed by atoms with E-state index in [-0.39, 0.29) is 5.41 Å². The molecular weight excluding hydrogens is 569 g/mol. The topological polar surface area (TPSA) is 8.17 Å². The predicted molar refractivity (Wildman–Crippen MR) is 198 cm³/mol. The maximum absolute atomic E-state index is 2.40. The molecule has 0 N–H and O–H groups in total. The molecular formula is C45H34N2. The largest absolute Gasteiger partial charge is 0.310 e. The molecule has 1 aliphatic rings. The third-order valence-corrected chi connectivity index (χ3v) is 9.97. The van der Waals surface area contributed by atoms with E-state index in [0.29, 0.717) is 0 Å². The van der Waals surface area contributed by atoms with Gasteiger partial charge in [-0.1, -0.05) is 117 Å². The van der Waals surface area contributed by atoms with Crippen molar-refractivity contribution >= 4 is 38.9 Å². The molecule has 0 spiro atoms. The van der Waals surface area contributed by atoms with E-state index in [0.717, 1.165) is 22.7 Å². The molecule has 224 valence electrons. The maximum Gasteiger partial charge on any atom is 0.0542 e. The lowest BCUT2D eigenvalue weighted by Crippen LogP contribution is -2.15. The number of anilines is 3. The summed E-state index contributed by atoms with van der Waals surface area (Å²) in [6, 6.07) is 61.8. The molecule has 0 atom stereocenters. The molecule has 9 rings (SSSR count). The number of fused-ring (bicyclic) bond motifs is 6. The first-order chi connectivity index (χ1) is 23.1. The zero-order valence-electron chi connectivity index (χ0n) is 26.6. The molecule has 0 unspecified atom stereocenters.